The highest BCUT2D eigenvalue weighted by molar-refractivity contribution is 8.76. The van der Waals surface area contributed by atoms with Crippen LogP contribution in [0.1, 0.15) is 189 Å². The fraction of sp³-hybridized carbons (Fsp3) is 0.671. The summed E-state index contributed by atoms with van der Waals surface area (Å²) in [6.07, 6.45) is -13.7. The number of nitrogens with zero attached hydrogens (tertiary/aromatic N) is 3. The summed E-state index contributed by atoms with van der Waals surface area (Å²) in [5.74, 6) is -37.4. The molecule has 2 heterocycles. The van der Waals surface area contributed by atoms with Gasteiger partial charge in [-0.25, -0.2) is 4.79 Å². The first kappa shape index (κ1) is 124. The predicted octanol–water partition coefficient (Wildman–Crippen LogP) is -9.83. The van der Waals surface area contributed by atoms with Crippen molar-refractivity contribution in [2.45, 2.75) is 292 Å². The number of hydrogen-bond donors (Lipinski definition) is 30. The SMILES string of the molecule is CC(C)C[C@H](NC(=O)[C@H](CC(N)=O)NC(=O)[C@H]1CSSC[C@H](NC(=O)[C@H](CCC(=O)O)NC(=O)[C@H](CCCN=C(N)N)NC(=O)[C@H](CCC(=O)O)NC(=O)[C@H](CC(C)C)NC(=O)[C@@H](N)CC(N)=O)C(=O)N[C@@H](CC(C)C)C(=O)N[C@H](CCC(=O)O)C(=O)N[C@@H](CCC(=O)O)C(=O)N2CCC[C@@H]2C(=O)N1)C(=O)N[C@@H](CCC(=O)O)C(=O)N[C@@H](CCCN=C(N)N)C(=O)N[C@@H](CCC(=O)O)C(=O)N[C@@H](CS)C(=O)O. The van der Waals surface area contributed by atoms with Crippen molar-refractivity contribution < 1.29 is 156 Å². The van der Waals surface area contributed by atoms with E-state index >= 15 is 14.4 Å². The summed E-state index contributed by atoms with van der Waals surface area (Å²) in [5, 5.41) is 104. The minimum atomic E-state index is -2.18. The molecule has 0 bridgehead atoms. The first-order chi connectivity index (χ1) is 66.4. The van der Waals surface area contributed by atoms with Crippen LogP contribution in [-0.4, -0.2) is 340 Å². The molecule has 796 valence electrons. The lowest BCUT2D eigenvalue weighted by molar-refractivity contribution is -0.144. The number of aliphatic imine (C=N–C) groups is 2. The molecule has 0 spiro atoms. The molecule has 17 atom stereocenters. The quantitative estimate of drug-likeness (QED) is 0.00884. The first-order valence-corrected chi connectivity index (χ1v) is 48.2. The first-order valence-electron chi connectivity index (χ1n) is 45.1. The Kier molecular flexibility index (Phi) is 55.9. The molecule has 2 rings (SSSR count). The van der Waals surface area contributed by atoms with Crippen molar-refractivity contribution in [2.75, 3.05) is 36.9 Å². The molecular formula is C82H133N25O32S3. The number of nitrogens with one attached hydrogen (secondary N) is 15. The highest BCUT2D eigenvalue weighted by Crippen LogP contribution is 2.27. The smallest absolute Gasteiger partial charge is 0.327 e. The van der Waals surface area contributed by atoms with Crippen molar-refractivity contribution in [3.63, 3.8) is 0 Å². The molecular weight excluding hydrogens is 1940 g/mol. The van der Waals surface area contributed by atoms with Gasteiger partial charge in [0.05, 0.1) is 18.9 Å². The summed E-state index contributed by atoms with van der Waals surface area (Å²) in [6.45, 7) is 8.70. The number of nitrogens with two attached hydrogens (primary N) is 7. The van der Waals surface area contributed by atoms with E-state index in [0.29, 0.717) is 21.6 Å². The zero-order valence-electron chi connectivity index (χ0n) is 79.0. The zero-order chi connectivity index (χ0) is 108. The molecule has 0 unspecified atom stereocenters. The number of amides is 18. The summed E-state index contributed by atoms with van der Waals surface area (Å²) < 4.78 is 0. The van der Waals surface area contributed by atoms with Gasteiger partial charge in [-0.1, -0.05) is 63.1 Å². The molecule has 0 aromatic heterocycles. The van der Waals surface area contributed by atoms with Gasteiger partial charge in [0.15, 0.2) is 11.9 Å². The Morgan fingerprint density at radius 1 is 0.401 bits per heavy atom. The largest absolute Gasteiger partial charge is 0.481 e. The van der Waals surface area contributed by atoms with Gasteiger partial charge in [0, 0.05) is 75.4 Å². The Hall–Kier alpha value is -13.7. The van der Waals surface area contributed by atoms with E-state index in [1.165, 1.54) is 13.8 Å². The molecule has 57 nitrogen and oxygen atoms in total. The number of carboxylic acid groups (broad SMARTS) is 7. The van der Waals surface area contributed by atoms with Gasteiger partial charge >= 0.3 is 41.8 Å². The highest BCUT2D eigenvalue weighted by Gasteiger charge is 2.44. The van der Waals surface area contributed by atoms with Crippen molar-refractivity contribution in [1.82, 2.24) is 84.7 Å². The number of primary amides is 2. The Balaban J connectivity index is 3.07. The van der Waals surface area contributed by atoms with Crippen LogP contribution < -0.4 is 120 Å². The Labute approximate surface area is 827 Å². The number of hydrogen-bond acceptors (Lipinski definition) is 31. The van der Waals surface area contributed by atoms with Crippen LogP contribution in [0.4, 0.5) is 0 Å². The van der Waals surface area contributed by atoms with Crippen LogP contribution in [0.3, 0.4) is 0 Å². The monoisotopic (exact) mass is 2080 g/mol. The van der Waals surface area contributed by atoms with Crippen LogP contribution in [0.15, 0.2) is 9.98 Å². The van der Waals surface area contributed by atoms with Crippen LogP contribution in [0.5, 0.6) is 0 Å². The van der Waals surface area contributed by atoms with Gasteiger partial charge in [0.25, 0.3) is 0 Å². The molecule has 0 aromatic carbocycles. The minimum Gasteiger partial charge on any atom is -0.481 e. The molecule has 2 aliphatic rings. The Morgan fingerprint density at radius 3 is 1.14 bits per heavy atom. The molecule has 0 radical (unpaired) electrons. The summed E-state index contributed by atoms with van der Waals surface area (Å²) >= 11 is 3.90. The summed E-state index contributed by atoms with van der Waals surface area (Å²) in [4.78, 5) is 351. The molecule has 36 N–H and O–H groups in total. The molecule has 0 aromatic rings. The summed E-state index contributed by atoms with van der Waals surface area (Å²) in [6, 6.07) is -31.4. The second kappa shape index (κ2) is 63.9. The Bertz CT molecular complexity index is 4540. The third kappa shape index (κ3) is 48.9. The number of rotatable bonds is 60. The molecule has 0 saturated carbocycles. The van der Waals surface area contributed by atoms with Crippen LogP contribution in [0.25, 0.3) is 0 Å². The van der Waals surface area contributed by atoms with E-state index in [1.54, 1.807) is 27.7 Å². The lowest BCUT2D eigenvalue weighted by Gasteiger charge is -2.31. The number of thiol groups is 1. The van der Waals surface area contributed by atoms with Gasteiger partial charge in [-0.15, -0.1) is 0 Å². The van der Waals surface area contributed by atoms with Crippen LogP contribution in [0, 0.1) is 17.8 Å². The minimum absolute atomic E-state index is 0.000189. The molecule has 18 amide bonds. The van der Waals surface area contributed by atoms with Crippen molar-refractivity contribution >= 4 is 194 Å². The third-order valence-electron chi connectivity index (χ3n) is 21.1. The van der Waals surface area contributed by atoms with E-state index in [4.69, 9.17) is 40.1 Å². The van der Waals surface area contributed by atoms with Crippen LogP contribution in [-0.2, 0) is 120 Å². The van der Waals surface area contributed by atoms with Gasteiger partial charge in [-0.2, -0.15) is 12.6 Å². The standard InChI is InChI=1S/C82H133N25O32S3/c1-36(2)28-48(100-64(122)39(83)31-56(84)108)72(130)96-42(13-19-58(110)111)67(125)93-41(11-8-26-91-82(88)89)66(124)95-46(17-23-62(118)119)71(129)105-53-34-141-142-35-54(106-78(136)55-12-9-27-107(55)79(137)47(18-24-63(120)121)99-69(127)44(15-21-60(114)115)98-74(132)50(30-38(5)6)102-76(53)134)77(135)103-51(32-57(85)109)75(133)101-49(29-37(3)4)73(131)97-43(14-20-59(112)113)68(126)92-40(10-7-25-90-81(86)87)65(123)94-45(16-22-61(116)117)70(128)104-52(33-140)80(138)139/h36-55,140H,7-35,83H2,1-6H3,(H2,84,108)(H2,85,109)(H,92,126)(H,93,125)(H,94,123)(H,95,124)(H,96,130)(H,97,131)(H,98,132)(H,99,127)(H,100,122)(H,101,133)(H,102,134)(H,103,135)(H,104,128)(H,105,129)(H,106,136)(H,110,111)(H,112,113)(H,114,115)(H,116,117)(H,118,119)(H,120,121)(H,138,139)(H4,86,87,90)(H4,88,89,91)/t39-,40-,41-,42-,43-,44+,45-,46-,47-,48-,49-,50-,51-,52-,53-,54+,55+/m0/s1. The molecule has 2 saturated heterocycles. The van der Waals surface area contributed by atoms with Gasteiger partial charge in [-0.3, -0.25) is 125 Å². The number of carbonyl (C=O) groups excluding carboxylic acids is 18. The van der Waals surface area contributed by atoms with E-state index in [0.717, 1.165) is 4.90 Å². The summed E-state index contributed by atoms with van der Waals surface area (Å²) in [7, 11) is 1.18. The van der Waals surface area contributed by atoms with Crippen LogP contribution >= 0.6 is 34.2 Å². The van der Waals surface area contributed by atoms with Gasteiger partial charge < -0.3 is 161 Å². The second-order valence-electron chi connectivity index (χ2n) is 34.5. The van der Waals surface area contributed by atoms with Gasteiger partial charge in [-0.05, 0) is 114 Å². The van der Waals surface area contributed by atoms with Gasteiger partial charge in [0.2, 0.25) is 106 Å². The number of carboxylic acids is 7. The average molecular weight is 2080 g/mol. The predicted molar refractivity (Wildman–Crippen MR) is 505 cm³/mol. The number of carbonyl (C=O) groups is 25. The maximum absolute atomic E-state index is 15.2. The number of aliphatic carboxylic acids is 7. The van der Waals surface area contributed by atoms with E-state index in [9.17, 15) is 141 Å². The molecule has 2 fully saturated rings. The molecule has 142 heavy (non-hydrogen) atoms. The lowest BCUT2D eigenvalue weighted by atomic mass is 10.0. The molecule has 2 aliphatic heterocycles. The van der Waals surface area contributed by atoms with Crippen molar-refractivity contribution in [2.24, 2.45) is 67.9 Å². The number of guanidine groups is 2. The van der Waals surface area contributed by atoms with Gasteiger partial charge in [0.1, 0.15) is 96.7 Å². The van der Waals surface area contributed by atoms with Crippen LogP contribution in [0.2, 0.25) is 0 Å². The van der Waals surface area contributed by atoms with E-state index in [2.05, 4.69) is 102 Å². The zero-order valence-corrected chi connectivity index (χ0v) is 81.6. The number of fused-ring (bicyclic) bond motifs is 1. The summed E-state index contributed by atoms with van der Waals surface area (Å²) in [5.41, 5.74) is 38.8. The normalized spacial score (nSPS) is 18.7. The second-order valence-corrected chi connectivity index (χ2v) is 37.4. The maximum atomic E-state index is 15.2. The van der Waals surface area contributed by atoms with E-state index < -0.39 is 395 Å². The van der Waals surface area contributed by atoms with E-state index in [-0.39, 0.29) is 70.5 Å². The highest BCUT2D eigenvalue weighted by atomic mass is 33.1. The third-order valence-corrected chi connectivity index (χ3v) is 23.9. The average Bonchev–Trinajstić information content (AvgIpc) is 1.63. The van der Waals surface area contributed by atoms with Crippen molar-refractivity contribution in [3.8, 4) is 0 Å². The fourth-order valence-corrected chi connectivity index (χ4v) is 16.5. The molecule has 60 heteroatoms. The maximum Gasteiger partial charge on any atom is 0.327 e. The van der Waals surface area contributed by atoms with Crippen molar-refractivity contribution in [1.29, 1.82) is 0 Å². The fourth-order valence-electron chi connectivity index (χ4n) is 14.0. The topological polar surface area (TPSA) is 959 Å². The van der Waals surface area contributed by atoms with Crippen molar-refractivity contribution in [3.05, 3.63) is 0 Å². The lowest BCUT2D eigenvalue weighted by Crippen LogP contribution is -2.61. The van der Waals surface area contributed by atoms with E-state index in [1.807, 2.05) is 0 Å². The molecule has 0 aliphatic carbocycles. The Morgan fingerprint density at radius 2 is 0.754 bits per heavy atom.